The Bertz CT molecular complexity index is 278. The summed E-state index contributed by atoms with van der Waals surface area (Å²) in [5.41, 5.74) is 3.11. The van der Waals surface area contributed by atoms with Gasteiger partial charge in [-0.05, 0) is 24.5 Å². The summed E-state index contributed by atoms with van der Waals surface area (Å²) in [7, 11) is 0. The van der Waals surface area contributed by atoms with Gasteiger partial charge in [0, 0.05) is 6.54 Å². The molecule has 0 aliphatic heterocycles. The molecule has 0 atom stereocenters. The minimum absolute atomic E-state index is 0.558. The van der Waals surface area contributed by atoms with Gasteiger partial charge < -0.3 is 5.21 Å². The summed E-state index contributed by atoms with van der Waals surface area (Å²) in [6.45, 7) is 0.558. The van der Waals surface area contributed by atoms with E-state index in [9.17, 15) is 0 Å². The minimum Gasteiger partial charge on any atom is -0.317 e. The minimum atomic E-state index is 0.558. The van der Waals surface area contributed by atoms with Crippen LogP contribution in [-0.2, 0) is 6.42 Å². The zero-order valence-corrected chi connectivity index (χ0v) is 8.57. The zero-order valence-electron chi connectivity index (χ0n) is 7.06. The molecule has 4 heteroatoms. The highest BCUT2D eigenvalue weighted by molar-refractivity contribution is 6.42. The largest absolute Gasteiger partial charge is 0.317 e. The van der Waals surface area contributed by atoms with Crippen LogP contribution >= 0.6 is 23.2 Å². The number of aryl methyl sites for hydroxylation is 1. The zero-order chi connectivity index (χ0) is 9.68. The molecular formula is C9H11Cl2NO. The maximum Gasteiger partial charge on any atom is 0.0624 e. The smallest absolute Gasteiger partial charge is 0.0624 e. The monoisotopic (exact) mass is 219 g/mol. The second-order valence-electron chi connectivity index (χ2n) is 2.72. The fraction of sp³-hybridized carbons (Fsp3) is 0.333. The van der Waals surface area contributed by atoms with E-state index in [2.05, 4.69) is 5.48 Å². The summed E-state index contributed by atoms with van der Waals surface area (Å²) < 4.78 is 0. The standard InChI is InChI=1S/C9H11Cl2NO/c10-8-5-1-3-7(9(8)11)4-2-6-12-13/h1,3,5,12-13H,2,4,6H2. The van der Waals surface area contributed by atoms with E-state index in [4.69, 9.17) is 28.4 Å². The van der Waals surface area contributed by atoms with Crippen LogP contribution in [0.3, 0.4) is 0 Å². The molecule has 0 aromatic heterocycles. The van der Waals surface area contributed by atoms with Crippen LogP contribution in [0, 0.1) is 0 Å². The van der Waals surface area contributed by atoms with Crippen LogP contribution in [0.5, 0.6) is 0 Å². The van der Waals surface area contributed by atoms with Gasteiger partial charge in [0.05, 0.1) is 10.0 Å². The third-order valence-electron chi connectivity index (χ3n) is 1.77. The first-order valence-corrected chi connectivity index (χ1v) is 4.81. The Morgan fingerprint density at radius 3 is 2.77 bits per heavy atom. The molecule has 0 radical (unpaired) electrons. The molecule has 72 valence electrons. The van der Waals surface area contributed by atoms with E-state index in [0.717, 1.165) is 18.4 Å². The average molecular weight is 220 g/mol. The molecule has 0 aliphatic carbocycles. The van der Waals surface area contributed by atoms with E-state index in [1.165, 1.54) is 0 Å². The van der Waals surface area contributed by atoms with Crippen molar-refractivity contribution in [2.75, 3.05) is 6.54 Å². The molecule has 0 fully saturated rings. The summed E-state index contributed by atoms with van der Waals surface area (Å²) in [5, 5.41) is 9.55. The molecule has 1 aromatic rings. The molecule has 2 N–H and O–H groups in total. The quantitative estimate of drug-likeness (QED) is 0.604. The van der Waals surface area contributed by atoms with Gasteiger partial charge in [0.1, 0.15) is 0 Å². The lowest BCUT2D eigenvalue weighted by atomic mass is 10.1. The van der Waals surface area contributed by atoms with E-state index in [1.807, 2.05) is 12.1 Å². The van der Waals surface area contributed by atoms with Crippen LogP contribution in [-0.4, -0.2) is 11.8 Å². The fourth-order valence-electron chi connectivity index (χ4n) is 1.10. The van der Waals surface area contributed by atoms with Gasteiger partial charge in [0.2, 0.25) is 0 Å². The first kappa shape index (κ1) is 10.8. The Labute approximate surface area is 87.4 Å². The molecule has 1 aromatic carbocycles. The van der Waals surface area contributed by atoms with Crippen LogP contribution < -0.4 is 5.48 Å². The van der Waals surface area contributed by atoms with Gasteiger partial charge >= 0.3 is 0 Å². The Balaban J connectivity index is 2.61. The van der Waals surface area contributed by atoms with Crippen LogP contribution in [0.1, 0.15) is 12.0 Å². The van der Waals surface area contributed by atoms with Gasteiger partial charge in [-0.1, -0.05) is 35.3 Å². The van der Waals surface area contributed by atoms with Crippen molar-refractivity contribution in [1.29, 1.82) is 0 Å². The van der Waals surface area contributed by atoms with Gasteiger partial charge in [-0.15, -0.1) is 0 Å². The van der Waals surface area contributed by atoms with Gasteiger partial charge in [0.15, 0.2) is 0 Å². The lowest BCUT2D eigenvalue weighted by molar-refractivity contribution is 0.166. The van der Waals surface area contributed by atoms with Crippen molar-refractivity contribution in [2.24, 2.45) is 0 Å². The molecule has 0 heterocycles. The Morgan fingerprint density at radius 2 is 2.08 bits per heavy atom. The molecule has 0 aliphatic rings. The van der Waals surface area contributed by atoms with Crippen molar-refractivity contribution in [2.45, 2.75) is 12.8 Å². The van der Waals surface area contributed by atoms with Gasteiger partial charge in [-0.2, -0.15) is 0 Å². The predicted molar refractivity (Wildman–Crippen MR) is 54.6 cm³/mol. The number of hydroxylamine groups is 1. The number of benzene rings is 1. The molecule has 13 heavy (non-hydrogen) atoms. The highest BCUT2D eigenvalue weighted by atomic mass is 35.5. The van der Waals surface area contributed by atoms with Crippen molar-refractivity contribution in [3.8, 4) is 0 Å². The van der Waals surface area contributed by atoms with Crippen LogP contribution in [0.15, 0.2) is 18.2 Å². The van der Waals surface area contributed by atoms with Gasteiger partial charge in [-0.25, -0.2) is 5.48 Å². The third kappa shape index (κ3) is 3.16. The topological polar surface area (TPSA) is 32.3 Å². The molecular weight excluding hydrogens is 209 g/mol. The van der Waals surface area contributed by atoms with E-state index in [0.29, 0.717) is 16.6 Å². The summed E-state index contributed by atoms with van der Waals surface area (Å²) in [5.74, 6) is 0. The lowest BCUT2D eigenvalue weighted by Gasteiger charge is -2.04. The van der Waals surface area contributed by atoms with Gasteiger partial charge in [0.25, 0.3) is 0 Å². The van der Waals surface area contributed by atoms with E-state index in [-0.39, 0.29) is 0 Å². The molecule has 0 saturated heterocycles. The highest BCUT2D eigenvalue weighted by Crippen LogP contribution is 2.26. The van der Waals surface area contributed by atoms with Crippen molar-refractivity contribution in [1.82, 2.24) is 5.48 Å². The second kappa shape index (κ2) is 5.45. The van der Waals surface area contributed by atoms with Gasteiger partial charge in [-0.3, -0.25) is 0 Å². The van der Waals surface area contributed by atoms with Crippen LogP contribution in [0.2, 0.25) is 10.0 Å². The third-order valence-corrected chi connectivity index (χ3v) is 2.62. The molecule has 1 rings (SSSR count). The summed E-state index contributed by atoms with van der Waals surface area (Å²) in [6.07, 6.45) is 1.64. The van der Waals surface area contributed by atoms with Crippen molar-refractivity contribution in [3.05, 3.63) is 33.8 Å². The van der Waals surface area contributed by atoms with E-state index < -0.39 is 0 Å². The maximum atomic E-state index is 8.36. The molecule has 0 saturated carbocycles. The normalized spacial score (nSPS) is 10.4. The number of hydrogen-bond donors (Lipinski definition) is 2. The maximum absolute atomic E-state index is 8.36. The van der Waals surface area contributed by atoms with Crippen LogP contribution in [0.25, 0.3) is 0 Å². The summed E-state index contributed by atoms with van der Waals surface area (Å²) in [4.78, 5) is 0. The van der Waals surface area contributed by atoms with E-state index in [1.54, 1.807) is 6.07 Å². The Kier molecular flexibility index (Phi) is 4.53. The fourth-order valence-corrected chi connectivity index (χ4v) is 1.51. The average Bonchev–Trinajstić information content (AvgIpc) is 2.13. The number of rotatable bonds is 4. The van der Waals surface area contributed by atoms with Crippen molar-refractivity contribution >= 4 is 23.2 Å². The van der Waals surface area contributed by atoms with Crippen molar-refractivity contribution in [3.63, 3.8) is 0 Å². The van der Waals surface area contributed by atoms with Crippen molar-refractivity contribution < 1.29 is 5.21 Å². The second-order valence-corrected chi connectivity index (χ2v) is 3.51. The number of hydrogen-bond acceptors (Lipinski definition) is 2. The molecule has 0 bridgehead atoms. The number of nitrogens with one attached hydrogen (secondary N) is 1. The predicted octanol–water partition coefficient (Wildman–Crippen LogP) is 2.90. The first-order valence-electron chi connectivity index (χ1n) is 4.05. The summed E-state index contributed by atoms with van der Waals surface area (Å²) >= 11 is 11.8. The molecule has 2 nitrogen and oxygen atoms in total. The molecule has 0 unspecified atom stereocenters. The Morgan fingerprint density at radius 1 is 1.31 bits per heavy atom. The number of halogens is 2. The summed E-state index contributed by atoms with van der Waals surface area (Å²) in [6, 6.07) is 5.57. The van der Waals surface area contributed by atoms with Crippen LogP contribution in [0.4, 0.5) is 0 Å². The Hall–Kier alpha value is -0.280. The highest BCUT2D eigenvalue weighted by Gasteiger charge is 2.02. The first-order chi connectivity index (χ1) is 6.25. The molecule has 0 spiro atoms. The lowest BCUT2D eigenvalue weighted by Crippen LogP contribution is -2.09. The molecule has 0 amide bonds. The van der Waals surface area contributed by atoms with E-state index >= 15 is 0 Å². The SMILES string of the molecule is ONCCCc1cccc(Cl)c1Cl.